The van der Waals surface area contributed by atoms with Crippen molar-refractivity contribution in [2.75, 3.05) is 0 Å². The highest BCUT2D eigenvalue weighted by Crippen LogP contribution is 2.34. The van der Waals surface area contributed by atoms with Gasteiger partial charge in [-0.05, 0) is 39.9 Å². The monoisotopic (exact) mass is 262 g/mol. The number of rotatable bonds is 1. The standard InChI is InChI=1S/C15H15ClO2/c1-15(2,3)13-11(14(17)18)7-5-9-4-6-10(16)8-12(9)13/h4-8H,1-3H3,(H,17,18). The van der Waals surface area contributed by atoms with E-state index in [1.807, 2.05) is 45.0 Å². The number of carboxylic acid groups (broad SMARTS) is 1. The minimum atomic E-state index is -0.901. The van der Waals surface area contributed by atoms with Crippen molar-refractivity contribution in [3.05, 3.63) is 46.5 Å². The van der Waals surface area contributed by atoms with Crippen molar-refractivity contribution in [2.45, 2.75) is 26.2 Å². The fourth-order valence-corrected chi connectivity index (χ4v) is 2.45. The van der Waals surface area contributed by atoms with Crippen molar-refractivity contribution in [2.24, 2.45) is 0 Å². The molecule has 2 nitrogen and oxygen atoms in total. The third kappa shape index (κ3) is 2.21. The van der Waals surface area contributed by atoms with Crippen LogP contribution in [0, 0.1) is 0 Å². The molecule has 0 saturated heterocycles. The summed E-state index contributed by atoms with van der Waals surface area (Å²) in [5, 5.41) is 11.9. The van der Waals surface area contributed by atoms with Gasteiger partial charge >= 0.3 is 5.97 Å². The first kappa shape index (κ1) is 12.9. The first-order chi connectivity index (χ1) is 8.30. The maximum absolute atomic E-state index is 11.4. The lowest BCUT2D eigenvalue weighted by molar-refractivity contribution is 0.0694. The highest BCUT2D eigenvalue weighted by molar-refractivity contribution is 6.31. The van der Waals surface area contributed by atoms with Crippen molar-refractivity contribution in [3.8, 4) is 0 Å². The maximum atomic E-state index is 11.4. The van der Waals surface area contributed by atoms with Gasteiger partial charge in [0.15, 0.2) is 0 Å². The van der Waals surface area contributed by atoms with Crippen molar-refractivity contribution in [1.82, 2.24) is 0 Å². The molecule has 1 N–H and O–H groups in total. The third-order valence-electron chi connectivity index (χ3n) is 2.96. The Labute approximate surface area is 111 Å². The number of aromatic carboxylic acids is 1. The smallest absolute Gasteiger partial charge is 0.336 e. The van der Waals surface area contributed by atoms with E-state index in [9.17, 15) is 9.90 Å². The molecule has 0 radical (unpaired) electrons. The Bertz CT molecular complexity index is 624. The van der Waals surface area contributed by atoms with E-state index < -0.39 is 5.97 Å². The van der Waals surface area contributed by atoms with E-state index in [0.717, 1.165) is 16.3 Å². The van der Waals surface area contributed by atoms with Gasteiger partial charge in [0.05, 0.1) is 5.56 Å². The Kier molecular flexibility index (Phi) is 3.07. The molecule has 0 bridgehead atoms. The fraction of sp³-hybridized carbons (Fsp3) is 0.267. The summed E-state index contributed by atoms with van der Waals surface area (Å²) in [5.41, 5.74) is 0.921. The summed E-state index contributed by atoms with van der Waals surface area (Å²) in [6.07, 6.45) is 0. The molecule has 3 heteroatoms. The molecule has 94 valence electrons. The summed E-state index contributed by atoms with van der Waals surface area (Å²) in [6.45, 7) is 6.03. The molecule has 0 unspecified atom stereocenters. The van der Waals surface area contributed by atoms with Crippen molar-refractivity contribution in [1.29, 1.82) is 0 Å². The van der Waals surface area contributed by atoms with E-state index in [1.54, 1.807) is 6.07 Å². The normalized spacial score (nSPS) is 11.8. The molecule has 18 heavy (non-hydrogen) atoms. The fourth-order valence-electron chi connectivity index (χ4n) is 2.28. The van der Waals surface area contributed by atoms with E-state index >= 15 is 0 Å². The molecule has 2 aromatic rings. The molecule has 0 heterocycles. The van der Waals surface area contributed by atoms with E-state index in [4.69, 9.17) is 11.6 Å². The van der Waals surface area contributed by atoms with E-state index in [-0.39, 0.29) is 5.41 Å². The van der Waals surface area contributed by atoms with Gasteiger partial charge in [0.1, 0.15) is 0 Å². The van der Waals surface area contributed by atoms with Gasteiger partial charge in [0.25, 0.3) is 0 Å². The number of fused-ring (bicyclic) bond motifs is 1. The second-order valence-electron chi connectivity index (χ2n) is 5.41. The average Bonchev–Trinajstić information content (AvgIpc) is 2.25. The van der Waals surface area contributed by atoms with Crippen LogP contribution in [0.25, 0.3) is 10.8 Å². The molecule has 2 rings (SSSR count). The second-order valence-corrected chi connectivity index (χ2v) is 5.85. The molecule has 0 spiro atoms. The second kappa shape index (κ2) is 4.29. The number of hydrogen-bond acceptors (Lipinski definition) is 1. The van der Waals surface area contributed by atoms with Crippen LogP contribution in [0.4, 0.5) is 0 Å². The van der Waals surface area contributed by atoms with Gasteiger partial charge in [0, 0.05) is 5.02 Å². The Morgan fingerprint density at radius 1 is 1.17 bits per heavy atom. The van der Waals surface area contributed by atoms with Crippen molar-refractivity contribution in [3.63, 3.8) is 0 Å². The molecule has 0 saturated carbocycles. The molecular formula is C15H15ClO2. The molecule has 0 atom stereocenters. The molecule has 0 fully saturated rings. The molecule has 2 aromatic carbocycles. The van der Waals surface area contributed by atoms with E-state index in [0.29, 0.717) is 10.6 Å². The van der Waals surface area contributed by atoms with Gasteiger partial charge in [-0.1, -0.05) is 44.5 Å². The lowest BCUT2D eigenvalue weighted by atomic mass is 9.80. The van der Waals surface area contributed by atoms with Gasteiger partial charge in [-0.2, -0.15) is 0 Å². The third-order valence-corrected chi connectivity index (χ3v) is 3.20. The van der Waals surface area contributed by atoms with Crippen LogP contribution in [-0.2, 0) is 5.41 Å². The number of halogens is 1. The number of carbonyl (C=O) groups is 1. The Morgan fingerprint density at radius 2 is 1.78 bits per heavy atom. The van der Waals surface area contributed by atoms with E-state index in [1.165, 1.54) is 0 Å². The van der Waals surface area contributed by atoms with Gasteiger partial charge in [-0.25, -0.2) is 4.79 Å². The van der Waals surface area contributed by atoms with Crippen molar-refractivity contribution < 1.29 is 9.90 Å². The first-order valence-electron chi connectivity index (χ1n) is 5.77. The maximum Gasteiger partial charge on any atom is 0.336 e. The van der Waals surface area contributed by atoms with Crippen LogP contribution in [0.2, 0.25) is 5.02 Å². The zero-order chi connectivity index (χ0) is 13.5. The first-order valence-corrected chi connectivity index (χ1v) is 6.14. The minimum absolute atomic E-state index is 0.252. The average molecular weight is 263 g/mol. The largest absolute Gasteiger partial charge is 0.478 e. The number of hydrogen-bond donors (Lipinski definition) is 1. The zero-order valence-corrected chi connectivity index (χ0v) is 11.4. The highest BCUT2D eigenvalue weighted by Gasteiger charge is 2.24. The van der Waals surface area contributed by atoms with Gasteiger partial charge in [0.2, 0.25) is 0 Å². The van der Waals surface area contributed by atoms with Crippen LogP contribution in [0.3, 0.4) is 0 Å². The van der Waals surface area contributed by atoms with Gasteiger partial charge in [-0.15, -0.1) is 0 Å². The number of benzene rings is 2. The lowest BCUT2D eigenvalue weighted by Crippen LogP contribution is -2.17. The SMILES string of the molecule is CC(C)(C)c1c(C(=O)O)ccc2ccc(Cl)cc12. The summed E-state index contributed by atoms with van der Waals surface area (Å²) in [4.78, 5) is 11.4. The van der Waals surface area contributed by atoms with Gasteiger partial charge < -0.3 is 5.11 Å². The summed E-state index contributed by atoms with van der Waals surface area (Å²) in [5.74, 6) is -0.901. The minimum Gasteiger partial charge on any atom is -0.478 e. The molecule has 0 amide bonds. The van der Waals surface area contributed by atoms with Gasteiger partial charge in [-0.3, -0.25) is 0 Å². The topological polar surface area (TPSA) is 37.3 Å². The van der Waals surface area contributed by atoms with Crippen LogP contribution in [0.15, 0.2) is 30.3 Å². The molecule has 0 aliphatic carbocycles. The predicted octanol–water partition coefficient (Wildman–Crippen LogP) is 4.49. The van der Waals surface area contributed by atoms with Crippen LogP contribution < -0.4 is 0 Å². The summed E-state index contributed by atoms with van der Waals surface area (Å²) in [7, 11) is 0. The van der Waals surface area contributed by atoms with Crippen molar-refractivity contribution >= 4 is 28.3 Å². The Morgan fingerprint density at radius 3 is 2.33 bits per heavy atom. The Hall–Kier alpha value is -1.54. The Balaban J connectivity index is 2.93. The molecule has 0 aliphatic heterocycles. The molecule has 0 aliphatic rings. The summed E-state index contributed by atoms with van der Waals surface area (Å²) in [6, 6.07) is 9.06. The predicted molar refractivity (Wildman–Crippen MR) is 74.6 cm³/mol. The van der Waals surface area contributed by atoms with Crippen LogP contribution in [-0.4, -0.2) is 11.1 Å². The van der Waals surface area contributed by atoms with Crippen LogP contribution in [0.1, 0.15) is 36.7 Å². The van der Waals surface area contributed by atoms with Crippen LogP contribution >= 0.6 is 11.6 Å². The lowest BCUT2D eigenvalue weighted by Gasteiger charge is -2.23. The quantitative estimate of drug-likeness (QED) is 0.822. The van der Waals surface area contributed by atoms with Crippen LogP contribution in [0.5, 0.6) is 0 Å². The summed E-state index contributed by atoms with van der Waals surface area (Å²) < 4.78 is 0. The molecular weight excluding hydrogens is 248 g/mol. The summed E-state index contributed by atoms with van der Waals surface area (Å²) >= 11 is 6.03. The molecule has 0 aromatic heterocycles. The number of carboxylic acids is 1. The highest BCUT2D eigenvalue weighted by atomic mass is 35.5. The zero-order valence-electron chi connectivity index (χ0n) is 10.6. The van der Waals surface area contributed by atoms with E-state index in [2.05, 4.69) is 0 Å².